The van der Waals surface area contributed by atoms with Gasteiger partial charge in [0, 0.05) is 12.2 Å². The Balaban J connectivity index is 1.53. The Morgan fingerprint density at radius 2 is 1.68 bits per heavy atom. The number of hydrogen-bond acceptors (Lipinski definition) is 4. The third kappa shape index (κ3) is 5.33. The van der Waals surface area contributed by atoms with Crippen LogP contribution >= 0.6 is 0 Å². The minimum Gasteiger partial charge on any atom is -0.374 e. The average molecular weight is 337 g/mol. The molecule has 2 aromatic carbocycles. The molecule has 1 heterocycles. The van der Waals surface area contributed by atoms with E-state index in [0.29, 0.717) is 12.7 Å². The van der Waals surface area contributed by atoms with E-state index >= 15 is 0 Å². The van der Waals surface area contributed by atoms with Gasteiger partial charge in [-0.15, -0.1) is 0 Å². The Morgan fingerprint density at radius 1 is 1.04 bits per heavy atom. The van der Waals surface area contributed by atoms with E-state index in [-0.39, 0.29) is 0 Å². The first-order chi connectivity index (χ1) is 12.2. The lowest BCUT2D eigenvalue weighted by Gasteiger charge is -2.11. The fraction of sp³-hybridized carbons (Fsp3) is 0.381. The van der Waals surface area contributed by atoms with Crippen LogP contribution in [0, 0.1) is 0 Å². The summed E-state index contributed by atoms with van der Waals surface area (Å²) in [4.78, 5) is 4.34. The monoisotopic (exact) mass is 337 g/mol. The highest BCUT2D eigenvalue weighted by atomic mass is 16.5. The Hall–Kier alpha value is -2.33. The first-order valence-electron chi connectivity index (χ1n) is 9.06. The lowest BCUT2D eigenvalue weighted by Crippen LogP contribution is -2.26. The van der Waals surface area contributed by atoms with Gasteiger partial charge in [0.05, 0.1) is 19.3 Å². The summed E-state index contributed by atoms with van der Waals surface area (Å²) < 4.78 is 5.78. The summed E-state index contributed by atoms with van der Waals surface area (Å²) in [6.45, 7) is 6.71. The molecule has 4 nitrogen and oxygen atoms in total. The van der Waals surface area contributed by atoms with Crippen molar-refractivity contribution in [1.29, 1.82) is 0 Å². The molecule has 0 bridgehead atoms. The van der Waals surface area contributed by atoms with E-state index in [1.54, 1.807) is 0 Å². The van der Waals surface area contributed by atoms with E-state index in [1.807, 2.05) is 0 Å². The predicted molar refractivity (Wildman–Crippen MR) is 104 cm³/mol. The molecule has 132 valence electrons. The van der Waals surface area contributed by atoms with Crippen LogP contribution in [0.1, 0.15) is 37.0 Å². The molecule has 0 aromatic heterocycles. The normalized spacial score (nSPS) is 14.7. The lowest BCUT2D eigenvalue weighted by atomic mass is 10.0. The number of aliphatic imine (C=N–C) groups is 1. The average Bonchev–Trinajstić information content (AvgIpc) is 3.15. The number of guanidine groups is 1. The Kier molecular flexibility index (Phi) is 6.07. The fourth-order valence-electron chi connectivity index (χ4n) is 2.67. The standard InChI is InChI=1S/C21H27N3O/c1-3-16(2)25-15-19-6-4-17(5-7-19)14-18-8-10-20(11-9-18)24-21-22-12-13-23-21/h4-11,16H,3,12-15H2,1-2H3,(H2,22,23,24). The zero-order valence-electron chi connectivity index (χ0n) is 15.1. The second-order valence-electron chi connectivity index (χ2n) is 6.50. The topological polar surface area (TPSA) is 45.6 Å². The molecule has 1 aliphatic rings. The number of ether oxygens (including phenoxy) is 1. The summed E-state index contributed by atoms with van der Waals surface area (Å²) in [7, 11) is 0. The Labute approximate surface area is 150 Å². The highest BCUT2D eigenvalue weighted by Gasteiger charge is 2.05. The molecule has 0 spiro atoms. The van der Waals surface area contributed by atoms with Crippen LogP contribution in [-0.2, 0) is 17.8 Å². The highest BCUT2D eigenvalue weighted by Crippen LogP contribution is 2.15. The van der Waals surface area contributed by atoms with Crippen LogP contribution in [0.25, 0.3) is 0 Å². The molecule has 2 N–H and O–H groups in total. The summed E-state index contributed by atoms with van der Waals surface area (Å²) in [6.07, 6.45) is 2.30. The van der Waals surface area contributed by atoms with Gasteiger partial charge < -0.3 is 15.4 Å². The van der Waals surface area contributed by atoms with Crippen molar-refractivity contribution in [3.8, 4) is 0 Å². The second kappa shape index (κ2) is 8.67. The molecule has 0 saturated heterocycles. The molecular formula is C21H27N3O. The molecule has 25 heavy (non-hydrogen) atoms. The maximum absolute atomic E-state index is 5.78. The Morgan fingerprint density at radius 3 is 2.28 bits per heavy atom. The zero-order chi connectivity index (χ0) is 17.5. The van der Waals surface area contributed by atoms with E-state index in [1.165, 1.54) is 16.7 Å². The number of rotatable bonds is 7. The number of hydrogen-bond donors (Lipinski definition) is 2. The van der Waals surface area contributed by atoms with Crippen molar-refractivity contribution in [2.45, 2.75) is 39.4 Å². The molecule has 0 aliphatic carbocycles. The number of benzene rings is 2. The fourth-order valence-corrected chi connectivity index (χ4v) is 2.67. The quantitative estimate of drug-likeness (QED) is 0.804. The zero-order valence-corrected chi connectivity index (χ0v) is 15.1. The van der Waals surface area contributed by atoms with Gasteiger partial charge in [0.15, 0.2) is 5.96 Å². The van der Waals surface area contributed by atoms with Gasteiger partial charge in [-0.1, -0.05) is 43.3 Å². The predicted octanol–water partition coefficient (Wildman–Crippen LogP) is 3.96. The van der Waals surface area contributed by atoms with Crippen LogP contribution in [0.2, 0.25) is 0 Å². The SMILES string of the molecule is CCC(C)OCc1ccc(Cc2ccc(NC3=NCCN3)cc2)cc1. The molecule has 0 radical (unpaired) electrons. The second-order valence-corrected chi connectivity index (χ2v) is 6.50. The molecule has 0 saturated carbocycles. The van der Waals surface area contributed by atoms with Crippen LogP contribution in [0.3, 0.4) is 0 Å². The van der Waals surface area contributed by atoms with Crippen LogP contribution in [0.4, 0.5) is 5.69 Å². The first-order valence-corrected chi connectivity index (χ1v) is 9.06. The molecule has 1 atom stereocenters. The van der Waals surface area contributed by atoms with Crippen LogP contribution < -0.4 is 10.6 Å². The van der Waals surface area contributed by atoms with Gasteiger partial charge >= 0.3 is 0 Å². The summed E-state index contributed by atoms with van der Waals surface area (Å²) in [6, 6.07) is 17.3. The maximum Gasteiger partial charge on any atom is 0.195 e. The van der Waals surface area contributed by atoms with Crippen molar-refractivity contribution in [2.24, 2.45) is 4.99 Å². The van der Waals surface area contributed by atoms with Crippen LogP contribution in [0.5, 0.6) is 0 Å². The van der Waals surface area contributed by atoms with Crippen molar-refractivity contribution >= 4 is 11.6 Å². The maximum atomic E-state index is 5.78. The minimum atomic E-state index is 0.317. The molecule has 1 aliphatic heterocycles. The smallest absolute Gasteiger partial charge is 0.195 e. The molecule has 1 unspecified atom stereocenters. The van der Waals surface area contributed by atoms with Gasteiger partial charge in [-0.25, -0.2) is 0 Å². The lowest BCUT2D eigenvalue weighted by molar-refractivity contribution is 0.0508. The summed E-state index contributed by atoms with van der Waals surface area (Å²) in [5, 5.41) is 6.51. The van der Waals surface area contributed by atoms with E-state index in [9.17, 15) is 0 Å². The van der Waals surface area contributed by atoms with E-state index < -0.39 is 0 Å². The number of nitrogens with zero attached hydrogens (tertiary/aromatic N) is 1. The van der Waals surface area contributed by atoms with Crippen LogP contribution in [-0.4, -0.2) is 25.2 Å². The molecule has 0 amide bonds. The van der Waals surface area contributed by atoms with E-state index in [2.05, 4.69) is 78.0 Å². The van der Waals surface area contributed by atoms with Crippen molar-refractivity contribution < 1.29 is 4.74 Å². The molecule has 0 fully saturated rings. The van der Waals surface area contributed by atoms with Gasteiger partial charge in [0.25, 0.3) is 0 Å². The van der Waals surface area contributed by atoms with Gasteiger partial charge in [-0.3, -0.25) is 4.99 Å². The van der Waals surface area contributed by atoms with Crippen molar-refractivity contribution in [2.75, 3.05) is 18.4 Å². The molecule has 3 rings (SSSR count). The first kappa shape index (κ1) is 17.5. The highest BCUT2D eigenvalue weighted by molar-refractivity contribution is 5.94. The Bertz CT molecular complexity index is 692. The van der Waals surface area contributed by atoms with Gasteiger partial charge in [0.2, 0.25) is 0 Å². The summed E-state index contributed by atoms with van der Waals surface area (Å²) >= 11 is 0. The van der Waals surface area contributed by atoms with Crippen molar-refractivity contribution in [1.82, 2.24) is 5.32 Å². The summed E-state index contributed by atoms with van der Waals surface area (Å²) in [5.74, 6) is 0.864. The van der Waals surface area contributed by atoms with Gasteiger partial charge in [-0.05, 0) is 48.6 Å². The molecular weight excluding hydrogens is 310 g/mol. The van der Waals surface area contributed by atoms with Crippen molar-refractivity contribution in [3.05, 3.63) is 65.2 Å². The van der Waals surface area contributed by atoms with E-state index in [4.69, 9.17) is 4.74 Å². The third-order valence-corrected chi connectivity index (χ3v) is 4.43. The molecule has 4 heteroatoms. The largest absolute Gasteiger partial charge is 0.374 e. The third-order valence-electron chi connectivity index (χ3n) is 4.43. The van der Waals surface area contributed by atoms with E-state index in [0.717, 1.165) is 37.6 Å². The molecule has 2 aromatic rings. The number of nitrogens with one attached hydrogen (secondary N) is 2. The summed E-state index contributed by atoms with van der Waals surface area (Å²) in [5.41, 5.74) is 4.91. The van der Waals surface area contributed by atoms with Crippen molar-refractivity contribution in [3.63, 3.8) is 0 Å². The minimum absolute atomic E-state index is 0.317. The number of anilines is 1. The van der Waals surface area contributed by atoms with Gasteiger partial charge in [-0.2, -0.15) is 0 Å². The van der Waals surface area contributed by atoms with Crippen LogP contribution in [0.15, 0.2) is 53.5 Å². The van der Waals surface area contributed by atoms with Gasteiger partial charge in [0.1, 0.15) is 0 Å².